The third-order valence-corrected chi connectivity index (χ3v) is 4.49. The molecule has 8 heteroatoms. The number of fused-ring (bicyclic) bond motifs is 1. The van der Waals surface area contributed by atoms with Crippen molar-refractivity contribution < 1.29 is 14.5 Å². The summed E-state index contributed by atoms with van der Waals surface area (Å²) in [5.41, 5.74) is 0.581. The number of allylic oxidation sites excluding steroid dienone is 2. The maximum atomic E-state index is 12.4. The Morgan fingerprint density at radius 2 is 1.87 bits per heavy atom. The minimum Gasteiger partial charge on any atom is -0.367 e. The van der Waals surface area contributed by atoms with E-state index in [2.05, 4.69) is 5.32 Å². The molecule has 2 amide bonds. The molecule has 1 aromatic rings. The first-order chi connectivity index (χ1) is 11.0. The predicted octanol–water partition coefficient (Wildman–Crippen LogP) is 2.48. The van der Waals surface area contributed by atoms with Crippen LogP contribution in [0.5, 0.6) is 0 Å². The third kappa shape index (κ3) is 2.92. The SMILES string of the molecule is O=C1[C@H]2CC=C(Cl)C[C@@H]2C(=O)N1CNc1ccc([N+](=O)[O-])cc1. The zero-order valence-corrected chi connectivity index (χ0v) is 12.8. The molecule has 0 unspecified atom stereocenters. The molecule has 1 saturated heterocycles. The van der Waals surface area contributed by atoms with Crippen molar-refractivity contribution in [2.45, 2.75) is 12.8 Å². The number of hydrogen-bond donors (Lipinski definition) is 1. The highest BCUT2D eigenvalue weighted by Crippen LogP contribution is 2.38. The van der Waals surface area contributed by atoms with Crippen molar-refractivity contribution in [3.63, 3.8) is 0 Å². The maximum absolute atomic E-state index is 12.4. The standard InChI is InChI=1S/C15H14ClN3O4/c16-9-1-6-12-13(7-9)15(21)18(14(12)20)8-17-10-2-4-11(5-3-10)19(22)23/h1-5,12-13,17H,6-8H2/t12-,13-/m0/s1. The first-order valence-corrected chi connectivity index (χ1v) is 7.53. The van der Waals surface area contributed by atoms with Crippen LogP contribution in [0, 0.1) is 22.0 Å². The summed E-state index contributed by atoms with van der Waals surface area (Å²) >= 11 is 5.97. The van der Waals surface area contributed by atoms with Gasteiger partial charge in [0, 0.05) is 22.9 Å². The summed E-state index contributed by atoms with van der Waals surface area (Å²) in [6.45, 7) is 0.0418. The monoisotopic (exact) mass is 335 g/mol. The fourth-order valence-electron chi connectivity index (χ4n) is 2.92. The first-order valence-electron chi connectivity index (χ1n) is 7.15. The van der Waals surface area contributed by atoms with E-state index in [-0.39, 0.29) is 36.0 Å². The van der Waals surface area contributed by atoms with E-state index in [9.17, 15) is 19.7 Å². The Labute approximate surface area is 137 Å². The van der Waals surface area contributed by atoms with Crippen LogP contribution in [-0.2, 0) is 9.59 Å². The molecule has 1 N–H and O–H groups in total. The number of nitrogens with zero attached hydrogens (tertiary/aromatic N) is 2. The highest BCUT2D eigenvalue weighted by Gasteiger charge is 2.48. The molecule has 3 rings (SSSR count). The van der Waals surface area contributed by atoms with Crippen molar-refractivity contribution in [3.05, 3.63) is 45.5 Å². The number of nitrogens with one attached hydrogen (secondary N) is 1. The molecule has 0 radical (unpaired) electrons. The van der Waals surface area contributed by atoms with Gasteiger partial charge in [-0.3, -0.25) is 24.6 Å². The van der Waals surface area contributed by atoms with Gasteiger partial charge in [-0.1, -0.05) is 17.7 Å². The molecule has 0 bridgehead atoms. The highest BCUT2D eigenvalue weighted by molar-refractivity contribution is 6.30. The Balaban J connectivity index is 1.66. The number of halogens is 1. The summed E-state index contributed by atoms with van der Waals surface area (Å²) in [7, 11) is 0. The number of rotatable bonds is 4. The van der Waals surface area contributed by atoms with Crippen molar-refractivity contribution in [3.8, 4) is 0 Å². The Morgan fingerprint density at radius 3 is 2.52 bits per heavy atom. The van der Waals surface area contributed by atoms with Crippen LogP contribution in [0.1, 0.15) is 12.8 Å². The lowest BCUT2D eigenvalue weighted by atomic mass is 9.85. The molecule has 0 aromatic heterocycles. The quantitative estimate of drug-likeness (QED) is 0.518. The number of nitro benzene ring substituents is 1. The van der Waals surface area contributed by atoms with E-state index in [4.69, 9.17) is 11.6 Å². The second-order valence-corrected chi connectivity index (χ2v) is 6.03. The van der Waals surface area contributed by atoms with Crippen molar-refractivity contribution in [1.82, 2.24) is 4.90 Å². The fraction of sp³-hybridized carbons (Fsp3) is 0.333. The van der Waals surface area contributed by atoms with E-state index in [1.165, 1.54) is 29.2 Å². The second-order valence-electron chi connectivity index (χ2n) is 5.55. The number of nitro groups is 1. The average Bonchev–Trinajstić information content (AvgIpc) is 2.77. The number of carbonyl (C=O) groups is 2. The Bertz CT molecular complexity index is 701. The van der Waals surface area contributed by atoms with E-state index in [0.717, 1.165) is 0 Å². The molecular weight excluding hydrogens is 322 g/mol. The second kappa shape index (κ2) is 6.00. The van der Waals surface area contributed by atoms with Gasteiger partial charge >= 0.3 is 0 Å². The number of imide groups is 1. The minimum atomic E-state index is -0.487. The summed E-state index contributed by atoms with van der Waals surface area (Å²) in [6, 6.07) is 5.79. The number of hydrogen-bond acceptors (Lipinski definition) is 5. The molecule has 1 fully saturated rings. The first kappa shape index (κ1) is 15.5. The number of non-ortho nitro benzene ring substituents is 1. The molecular formula is C15H14ClN3O4. The predicted molar refractivity (Wildman–Crippen MR) is 83.6 cm³/mol. The van der Waals surface area contributed by atoms with Gasteiger partial charge in [0.25, 0.3) is 5.69 Å². The molecule has 1 aliphatic carbocycles. The summed E-state index contributed by atoms with van der Waals surface area (Å²) in [5.74, 6) is -1.13. The number of anilines is 1. The third-order valence-electron chi connectivity index (χ3n) is 4.18. The molecule has 7 nitrogen and oxygen atoms in total. The van der Waals surface area contributed by atoms with Crippen LogP contribution in [0.4, 0.5) is 11.4 Å². The van der Waals surface area contributed by atoms with Crippen LogP contribution in [-0.4, -0.2) is 28.3 Å². The number of amides is 2. The van der Waals surface area contributed by atoms with E-state index in [0.29, 0.717) is 23.6 Å². The summed E-state index contributed by atoms with van der Waals surface area (Å²) in [5, 5.41) is 14.2. The zero-order chi connectivity index (χ0) is 16.6. The van der Waals surface area contributed by atoms with Crippen LogP contribution < -0.4 is 5.32 Å². The summed E-state index contributed by atoms with van der Waals surface area (Å²) < 4.78 is 0. The van der Waals surface area contributed by atoms with Crippen molar-refractivity contribution in [2.75, 3.05) is 12.0 Å². The van der Waals surface area contributed by atoms with E-state index in [1.807, 2.05) is 0 Å². The van der Waals surface area contributed by atoms with Gasteiger partial charge in [-0.25, -0.2) is 0 Å². The maximum Gasteiger partial charge on any atom is 0.269 e. The van der Waals surface area contributed by atoms with Gasteiger partial charge in [0.1, 0.15) is 0 Å². The lowest BCUT2D eigenvalue weighted by Crippen LogP contribution is -2.35. The van der Waals surface area contributed by atoms with Crippen LogP contribution in [0.15, 0.2) is 35.4 Å². The van der Waals surface area contributed by atoms with Crippen molar-refractivity contribution in [2.24, 2.45) is 11.8 Å². The number of likely N-dealkylation sites (tertiary alicyclic amines) is 1. The van der Waals surface area contributed by atoms with Crippen molar-refractivity contribution >= 4 is 34.8 Å². The summed E-state index contributed by atoms with van der Waals surface area (Å²) in [4.78, 5) is 36.0. The molecule has 23 heavy (non-hydrogen) atoms. The zero-order valence-electron chi connectivity index (χ0n) is 12.1. The minimum absolute atomic E-state index is 0.0180. The molecule has 2 aliphatic rings. The van der Waals surface area contributed by atoms with Crippen LogP contribution in [0.3, 0.4) is 0 Å². The normalized spacial score (nSPS) is 23.5. The van der Waals surface area contributed by atoms with E-state index < -0.39 is 4.92 Å². The Morgan fingerprint density at radius 1 is 1.22 bits per heavy atom. The van der Waals surface area contributed by atoms with Gasteiger partial charge in [0.05, 0.1) is 23.4 Å². The smallest absolute Gasteiger partial charge is 0.269 e. The summed E-state index contributed by atoms with van der Waals surface area (Å²) in [6.07, 6.45) is 2.69. The number of benzene rings is 1. The van der Waals surface area contributed by atoms with E-state index in [1.54, 1.807) is 6.08 Å². The molecule has 1 heterocycles. The highest BCUT2D eigenvalue weighted by atomic mass is 35.5. The van der Waals surface area contributed by atoms with Crippen LogP contribution in [0.25, 0.3) is 0 Å². The largest absolute Gasteiger partial charge is 0.367 e. The van der Waals surface area contributed by atoms with Gasteiger partial charge in [-0.2, -0.15) is 0 Å². The topological polar surface area (TPSA) is 92.6 Å². The Kier molecular flexibility index (Phi) is 4.04. The van der Waals surface area contributed by atoms with Gasteiger partial charge in [-0.15, -0.1) is 0 Å². The van der Waals surface area contributed by atoms with Gasteiger partial charge < -0.3 is 5.32 Å². The van der Waals surface area contributed by atoms with Crippen molar-refractivity contribution in [1.29, 1.82) is 0 Å². The van der Waals surface area contributed by atoms with Gasteiger partial charge in [-0.05, 0) is 25.0 Å². The molecule has 1 aromatic carbocycles. The van der Waals surface area contributed by atoms with Crippen LogP contribution in [0.2, 0.25) is 0 Å². The number of carbonyl (C=O) groups excluding carboxylic acids is 2. The lowest BCUT2D eigenvalue weighted by molar-refractivity contribution is -0.384. The van der Waals surface area contributed by atoms with Gasteiger partial charge in [0.15, 0.2) is 0 Å². The van der Waals surface area contributed by atoms with Gasteiger partial charge in [0.2, 0.25) is 11.8 Å². The average molecular weight is 336 g/mol. The molecule has 0 saturated carbocycles. The molecule has 0 spiro atoms. The molecule has 120 valence electrons. The van der Waals surface area contributed by atoms with E-state index >= 15 is 0 Å². The van der Waals surface area contributed by atoms with Crippen LogP contribution >= 0.6 is 11.6 Å². The lowest BCUT2D eigenvalue weighted by Gasteiger charge is -2.17. The molecule has 2 atom stereocenters. The fourth-order valence-corrected chi connectivity index (χ4v) is 3.18. The Hall–Kier alpha value is -2.41. The molecule has 1 aliphatic heterocycles.